The van der Waals surface area contributed by atoms with Gasteiger partial charge in [-0.25, -0.2) is 19.3 Å². The van der Waals surface area contributed by atoms with Crippen LogP contribution in [0.25, 0.3) is 28.3 Å². The van der Waals surface area contributed by atoms with Crippen LogP contribution in [-0.4, -0.2) is 19.4 Å². The number of nitrogens with one attached hydrogen (secondary N) is 1. The van der Waals surface area contributed by atoms with E-state index in [2.05, 4.69) is 101 Å². The lowest BCUT2D eigenvalue weighted by Crippen LogP contribution is -2.09. The molecule has 1 atom stereocenters. The Morgan fingerprint density at radius 2 is 1.55 bits per heavy atom. The molecule has 5 rings (SSSR count). The van der Waals surface area contributed by atoms with Gasteiger partial charge in [0, 0.05) is 18.0 Å². The molecule has 1 N–H and O–H groups in total. The van der Waals surface area contributed by atoms with Crippen LogP contribution < -0.4 is 5.32 Å². The molecule has 3 heterocycles. The van der Waals surface area contributed by atoms with E-state index in [1.807, 2.05) is 47.0 Å². The molecule has 0 saturated carbocycles. The summed E-state index contributed by atoms with van der Waals surface area (Å²) in [5, 5.41) is 12.4. The van der Waals surface area contributed by atoms with E-state index in [1.54, 1.807) is 25.3 Å². The lowest BCUT2D eigenvalue weighted by Gasteiger charge is -2.15. The second-order valence-electron chi connectivity index (χ2n) is 9.48. The fraction of sp³-hybridized carbons (Fsp3) is 0.100. The van der Waals surface area contributed by atoms with Crippen LogP contribution in [0.5, 0.6) is 0 Å². The Balaban J connectivity index is 0.000000328. The maximum absolute atomic E-state index is 13.6. The minimum atomic E-state index is -0.311. The molecule has 0 bridgehead atoms. The zero-order chi connectivity index (χ0) is 33.3. The van der Waals surface area contributed by atoms with Crippen LogP contribution >= 0.6 is 0 Å². The molecule has 0 fully saturated rings. The first-order valence-electron chi connectivity index (χ1n) is 14.2. The van der Waals surface area contributed by atoms with Crippen molar-refractivity contribution in [3.8, 4) is 100 Å². The van der Waals surface area contributed by atoms with E-state index < -0.39 is 0 Å². The maximum atomic E-state index is 13.6. The maximum Gasteiger partial charge on any atom is 0.223 e. The first-order valence-corrected chi connectivity index (χ1v) is 14.2. The number of aromatic nitrogens is 4. The van der Waals surface area contributed by atoms with Gasteiger partial charge in [0.15, 0.2) is 0 Å². The molecule has 0 saturated heterocycles. The fourth-order valence-corrected chi connectivity index (χ4v) is 4.24. The van der Waals surface area contributed by atoms with Crippen LogP contribution in [0, 0.1) is 88.7 Å². The summed E-state index contributed by atoms with van der Waals surface area (Å²) in [6.07, 6.45) is 8.75. The molecular weight excluding hydrogens is 583 g/mol. The Morgan fingerprint density at radius 3 is 2.21 bits per heavy atom. The number of benzene rings is 2. The van der Waals surface area contributed by atoms with Crippen molar-refractivity contribution >= 4 is 11.6 Å². The lowest BCUT2D eigenvalue weighted by atomic mass is 10.1. The molecule has 47 heavy (non-hydrogen) atoms. The van der Waals surface area contributed by atoms with Gasteiger partial charge in [-0.2, -0.15) is 5.26 Å². The highest BCUT2D eigenvalue weighted by Gasteiger charge is 2.19. The van der Waals surface area contributed by atoms with Crippen molar-refractivity contribution in [3.05, 3.63) is 102 Å². The summed E-state index contributed by atoms with van der Waals surface area (Å²) < 4.78 is 15.5. The molecule has 0 aliphatic carbocycles. The Bertz CT molecular complexity index is 2280. The number of pyridine rings is 1. The highest BCUT2D eigenvalue weighted by atomic mass is 19.1. The molecular formula is C40H25FN6. The van der Waals surface area contributed by atoms with Crippen LogP contribution in [0.4, 0.5) is 10.3 Å². The molecule has 0 unspecified atom stereocenters. The minimum Gasteiger partial charge on any atom is -0.348 e. The average Bonchev–Trinajstić information content (AvgIpc) is 3.48. The van der Waals surface area contributed by atoms with E-state index in [-0.39, 0.29) is 11.9 Å². The lowest BCUT2D eigenvalue weighted by molar-refractivity contribution is 0.628. The number of nitrogens with zero attached hydrogens (tertiary/aromatic N) is 5. The van der Waals surface area contributed by atoms with Gasteiger partial charge in [0.1, 0.15) is 11.5 Å². The second kappa shape index (κ2) is 17.2. The normalized spacial score (nSPS) is 9.55. The van der Waals surface area contributed by atoms with Gasteiger partial charge in [-0.1, -0.05) is 36.3 Å². The monoisotopic (exact) mass is 608 g/mol. The first-order chi connectivity index (χ1) is 23.0. The molecule has 0 amide bonds. The third kappa shape index (κ3) is 9.39. The van der Waals surface area contributed by atoms with E-state index in [9.17, 15) is 4.39 Å². The van der Waals surface area contributed by atoms with Gasteiger partial charge in [-0.05, 0) is 127 Å². The van der Waals surface area contributed by atoms with Crippen molar-refractivity contribution in [2.24, 2.45) is 0 Å². The van der Waals surface area contributed by atoms with Gasteiger partial charge in [-0.15, -0.1) is 6.42 Å². The van der Waals surface area contributed by atoms with E-state index in [1.165, 1.54) is 12.1 Å². The Morgan fingerprint density at radius 1 is 0.872 bits per heavy atom. The summed E-state index contributed by atoms with van der Waals surface area (Å²) in [4.78, 5) is 14.0. The molecule has 0 aliphatic heterocycles. The summed E-state index contributed by atoms with van der Waals surface area (Å²) in [5.74, 6) is 27.1. The zero-order valence-electron chi connectivity index (χ0n) is 25.6. The van der Waals surface area contributed by atoms with Gasteiger partial charge in [-0.3, -0.25) is 4.40 Å². The van der Waals surface area contributed by atoms with Gasteiger partial charge < -0.3 is 5.32 Å². The Labute approximate surface area is 274 Å². The van der Waals surface area contributed by atoms with Gasteiger partial charge in [0.2, 0.25) is 5.95 Å². The number of hydrogen-bond acceptors (Lipinski definition) is 5. The Kier molecular flexibility index (Phi) is 11.9. The van der Waals surface area contributed by atoms with E-state index >= 15 is 0 Å². The minimum absolute atomic E-state index is 0.0174. The van der Waals surface area contributed by atoms with Crippen LogP contribution in [0.15, 0.2) is 85.2 Å². The molecule has 0 spiro atoms. The van der Waals surface area contributed by atoms with Gasteiger partial charge in [0.05, 0.1) is 35.6 Å². The summed E-state index contributed by atoms with van der Waals surface area (Å²) in [6.45, 7) is 3.76. The Hall–Kier alpha value is -7.21. The molecule has 0 aliphatic rings. The molecule has 6 nitrogen and oxygen atoms in total. The van der Waals surface area contributed by atoms with Crippen LogP contribution in [-0.2, 0) is 6.42 Å². The quantitative estimate of drug-likeness (QED) is 0.223. The number of nitriles is 1. The predicted octanol–water partition coefficient (Wildman–Crippen LogP) is 6.49. The summed E-state index contributed by atoms with van der Waals surface area (Å²) in [6, 6.07) is 24.1. The van der Waals surface area contributed by atoms with Crippen molar-refractivity contribution in [2.75, 3.05) is 5.32 Å². The standard InChI is InChI=1S/C27H21FN6.C13H4/c1-18(20-5-3-2-4-6-20)31-27-30-15-12-23(32-27)26-25(21-7-9-22(28)10-8-21)33-24-17-19(11-14-29)13-16-34(24)26;1-3-5-7-9-11-13-12-10-8-6-4-2/h2-10,12-13,15-18H,11H2,1H3,(H,30,31,32);1H,2H3/t18-;/m0./s1. The smallest absolute Gasteiger partial charge is 0.223 e. The number of terminal acetylenes is 1. The highest BCUT2D eigenvalue weighted by molar-refractivity contribution is 5.80. The topological polar surface area (TPSA) is 78.9 Å². The first kappa shape index (κ1) is 32.7. The number of anilines is 1. The largest absolute Gasteiger partial charge is 0.348 e. The fourth-order valence-electron chi connectivity index (χ4n) is 4.24. The van der Waals surface area contributed by atoms with E-state index in [0.29, 0.717) is 29.4 Å². The van der Waals surface area contributed by atoms with Crippen molar-refractivity contribution in [3.63, 3.8) is 0 Å². The predicted molar refractivity (Wildman–Crippen MR) is 183 cm³/mol. The number of imidazole rings is 1. The number of hydrogen-bond donors (Lipinski definition) is 1. The van der Waals surface area contributed by atoms with Crippen molar-refractivity contribution in [2.45, 2.75) is 26.3 Å². The molecule has 2 aromatic carbocycles. The number of halogens is 1. The van der Waals surface area contributed by atoms with Gasteiger partial charge in [0.25, 0.3) is 0 Å². The average molecular weight is 609 g/mol. The van der Waals surface area contributed by atoms with Crippen molar-refractivity contribution in [1.29, 1.82) is 5.26 Å². The summed E-state index contributed by atoms with van der Waals surface area (Å²) in [5.41, 5.74) is 5.58. The second-order valence-corrected chi connectivity index (χ2v) is 9.48. The number of fused-ring (bicyclic) bond motifs is 1. The van der Waals surface area contributed by atoms with Crippen LogP contribution in [0.1, 0.15) is 31.0 Å². The van der Waals surface area contributed by atoms with E-state index in [4.69, 9.17) is 21.7 Å². The molecule has 222 valence electrons. The third-order valence-corrected chi connectivity index (χ3v) is 6.33. The highest BCUT2D eigenvalue weighted by Crippen LogP contribution is 2.33. The van der Waals surface area contributed by atoms with Crippen molar-refractivity contribution < 1.29 is 4.39 Å². The number of rotatable bonds is 6. The molecule has 3 aromatic heterocycles. The molecule has 7 heteroatoms. The van der Waals surface area contributed by atoms with Gasteiger partial charge >= 0.3 is 0 Å². The zero-order valence-corrected chi connectivity index (χ0v) is 25.6. The summed E-state index contributed by atoms with van der Waals surface area (Å²) >= 11 is 0. The summed E-state index contributed by atoms with van der Waals surface area (Å²) in [7, 11) is 0. The third-order valence-electron chi connectivity index (χ3n) is 6.33. The molecule has 5 aromatic rings. The van der Waals surface area contributed by atoms with Crippen LogP contribution in [0.2, 0.25) is 0 Å². The van der Waals surface area contributed by atoms with Crippen molar-refractivity contribution in [1.82, 2.24) is 19.4 Å². The van der Waals surface area contributed by atoms with Crippen LogP contribution in [0.3, 0.4) is 0 Å². The van der Waals surface area contributed by atoms with E-state index in [0.717, 1.165) is 22.4 Å². The SMILES string of the molecule is C#CC#CC#CC#CC#CC#CC.C[C@H](Nc1nccc(-c2c(-c3ccc(F)cc3)nc3cc(CC#N)ccn23)n1)c1ccccc1. The molecule has 0 radical (unpaired) electrons.